The molecule has 0 radical (unpaired) electrons. The van der Waals surface area contributed by atoms with Crippen molar-refractivity contribution >= 4 is 11.4 Å². The largest absolute Gasteiger partial charge is 0.335 e. The van der Waals surface area contributed by atoms with Crippen molar-refractivity contribution in [3.05, 3.63) is 64.8 Å². The molecule has 0 fully saturated rings. The molecule has 2 rings (SSSR count). The van der Waals surface area contributed by atoms with E-state index in [9.17, 15) is 0 Å². The molecule has 0 atom stereocenters. The van der Waals surface area contributed by atoms with E-state index in [-0.39, 0.29) is 0 Å². The Labute approximate surface area is 140 Å². The van der Waals surface area contributed by atoms with E-state index in [1.807, 2.05) is 21.0 Å². The zero-order chi connectivity index (χ0) is 17.5. The Morgan fingerprint density at radius 2 is 1.65 bits per heavy atom. The van der Waals surface area contributed by atoms with Crippen LogP contribution in [0.4, 0.5) is 5.69 Å². The van der Waals surface area contributed by atoms with E-state index >= 15 is 0 Å². The fraction of sp³-hybridized carbons (Fsp3) is 0.350. The maximum Gasteiger partial charge on any atom is 0.110 e. The van der Waals surface area contributed by atoms with E-state index in [2.05, 4.69) is 67.8 Å². The lowest BCUT2D eigenvalue weighted by Crippen LogP contribution is -2.37. The first-order chi connectivity index (χ1) is 10.7. The van der Waals surface area contributed by atoms with Gasteiger partial charge in [0.25, 0.3) is 0 Å². The Balaban J connectivity index is 2.67. The lowest BCUT2D eigenvalue weighted by molar-refractivity contribution is 0.487. The fourth-order valence-corrected chi connectivity index (χ4v) is 3.00. The van der Waals surface area contributed by atoms with Crippen LogP contribution in [0, 0.1) is 13.8 Å². The number of allylic oxidation sites excluding steroid dienone is 2. The summed E-state index contributed by atoms with van der Waals surface area (Å²) in [5, 5.41) is 0. The molecule has 0 bridgehead atoms. The summed E-state index contributed by atoms with van der Waals surface area (Å²) in [4.78, 5) is 8.61. The zero-order valence-corrected chi connectivity index (χ0v) is 15.4. The van der Waals surface area contributed by atoms with Crippen LogP contribution < -0.4 is 4.90 Å². The third-order valence-corrected chi connectivity index (χ3v) is 4.90. The number of rotatable bonds is 2. The molecule has 0 saturated carbocycles. The smallest absolute Gasteiger partial charge is 0.110 e. The van der Waals surface area contributed by atoms with Gasteiger partial charge in [-0.05, 0) is 57.4 Å². The molecular formula is C20H27N3. The minimum absolute atomic E-state index is 0.919. The van der Waals surface area contributed by atoms with Gasteiger partial charge in [0.2, 0.25) is 0 Å². The van der Waals surface area contributed by atoms with E-state index in [0.717, 1.165) is 22.9 Å². The average molecular weight is 309 g/mol. The van der Waals surface area contributed by atoms with Gasteiger partial charge in [-0.15, -0.1) is 0 Å². The number of anilines is 1. The Hall–Kier alpha value is -2.29. The minimum Gasteiger partial charge on any atom is -0.335 e. The second-order valence-electron chi connectivity index (χ2n) is 6.23. The Kier molecular flexibility index (Phi) is 4.51. The molecule has 1 aromatic carbocycles. The maximum atomic E-state index is 4.35. The Morgan fingerprint density at radius 3 is 2.22 bits per heavy atom. The van der Waals surface area contributed by atoms with Crippen LogP contribution in [0.5, 0.6) is 0 Å². The molecule has 1 aliphatic rings. The second kappa shape index (κ2) is 6.07. The molecule has 0 amide bonds. The summed E-state index contributed by atoms with van der Waals surface area (Å²) in [7, 11) is 3.88. The van der Waals surface area contributed by atoms with Crippen molar-refractivity contribution in [3.63, 3.8) is 0 Å². The topological polar surface area (TPSA) is 18.8 Å². The van der Waals surface area contributed by atoms with E-state index < -0.39 is 0 Å². The van der Waals surface area contributed by atoms with Gasteiger partial charge in [-0.2, -0.15) is 0 Å². The summed E-state index contributed by atoms with van der Waals surface area (Å²) < 4.78 is 0. The van der Waals surface area contributed by atoms with E-state index in [4.69, 9.17) is 0 Å². The van der Waals surface area contributed by atoms with Gasteiger partial charge in [-0.1, -0.05) is 19.2 Å². The van der Waals surface area contributed by atoms with Crippen LogP contribution in [0.25, 0.3) is 0 Å². The number of aryl methyl sites for hydroxylation is 2. The lowest BCUT2D eigenvalue weighted by atomic mass is 9.98. The summed E-state index contributed by atoms with van der Waals surface area (Å²) in [6.07, 6.45) is 0. The molecule has 0 aliphatic carbocycles. The molecule has 3 nitrogen and oxygen atoms in total. The van der Waals surface area contributed by atoms with Gasteiger partial charge in [0.05, 0.1) is 5.69 Å². The average Bonchev–Trinajstić information content (AvgIpc) is 2.52. The molecule has 1 aromatic rings. The highest BCUT2D eigenvalue weighted by molar-refractivity contribution is 6.01. The van der Waals surface area contributed by atoms with Crippen LogP contribution in [-0.4, -0.2) is 24.7 Å². The van der Waals surface area contributed by atoms with Crippen LogP contribution in [0.15, 0.2) is 53.1 Å². The van der Waals surface area contributed by atoms with Crippen molar-refractivity contribution in [2.24, 2.45) is 4.99 Å². The summed E-state index contributed by atoms with van der Waals surface area (Å²) in [6.45, 7) is 19.1. The van der Waals surface area contributed by atoms with Crippen molar-refractivity contribution in [2.75, 3.05) is 19.0 Å². The molecular weight excluding hydrogens is 282 g/mol. The summed E-state index contributed by atoms with van der Waals surface area (Å²) in [5.41, 5.74) is 9.11. The predicted octanol–water partition coefficient (Wildman–Crippen LogP) is 4.77. The van der Waals surface area contributed by atoms with E-state index in [1.165, 1.54) is 28.0 Å². The van der Waals surface area contributed by atoms with Gasteiger partial charge in [0, 0.05) is 36.8 Å². The van der Waals surface area contributed by atoms with Crippen LogP contribution in [-0.2, 0) is 0 Å². The van der Waals surface area contributed by atoms with Gasteiger partial charge in [-0.25, -0.2) is 0 Å². The number of nitrogens with zero attached hydrogens (tertiary/aromatic N) is 3. The maximum absolute atomic E-state index is 4.35. The first kappa shape index (κ1) is 17.1. The van der Waals surface area contributed by atoms with Crippen LogP contribution in [0.1, 0.15) is 37.5 Å². The lowest BCUT2D eigenvalue weighted by Gasteiger charge is -2.41. The molecule has 0 unspecified atom stereocenters. The molecule has 0 N–H and O–H groups in total. The number of aliphatic imine (C=N–C) groups is 1. The van der Waals surface area contributed by atoms with E-state index in [1.54, 1.807) is 0 Å². The normalized spacial score (nSPS) is 16.6. The SMILES string of the molecule is C=C1C(C)=C(C)N(C)C(=C)N1c1cc(C(C)=NC)c(C)cc1C. The van der Waals surface area contributed by atoms with Crippen LogP contribution >= 0.6 is 0 Å². The molecule has 1 aliphatic heterocycles. The Morgan fingerprint density at radius 1 is 1.04 bits per heavy atom. The number of hydrogen-bond acceptors (Lipinski definition) is 3. The number of hydrogen-bond donors (Lipinski definition) is 0. The second-order valence-corrected chi connectivity index (χ2v) is 6.23. The van der Waals surface area contributed by atoms with Crippen LogP contribution in [0.3, 0.4) is 0 Å². The minimum atomic E-state index is 0.919. The highest BCUT2D eigenvalue weighted by Crippen LogP contribution is 2.37. The van der Waals surface area contributed by atoms with Crippen LogP contribution in [0.2, 0.25) is 0 Å². The van der Waals surface area contributed by atoms with Crippen molar-refractivity contribution in [1.29, 1.82) is 0 Å². The van der Waals surface area contributed by atoms with Crippen molar-refractivity contribution in [1.82, 2.24) is 4.90 Å². The molecule has 3 heteroatoms. The zero-order valence-electron chi connectivity index (χ0n) is 15.4. The molecule has 0 saturated heterocycles. The third kappa shape index (κ3) is 2.72. The summed E-state index contributed by atoms with van der Waals surface area (Å²) >= 11 is 0. The van der Waals surface area contributed by atoms with Gasteiger partial charge in [-0.3, -0.25) is 9.89 Å². The molecule has 122 valence electrons. The Bertz CT molecular complexity index is 750. The van der Waals surface area contributed by atoms with Gasteiger partial charge in [0.1, 0.15) is 5.82 Å². The monoisotopic (exact) mass is 309 g/mol. The highest BCUT2D eigenvalue weighted by atomic mass is 15.3. The van der Waals surface area contributed by atoms with Crippen molar-refractivity contribution < 1.29 is 0 Å². The van der Waals surface area contributed by atoms with Crippen molar-refractivity contribution in [2.45, 2.75) is 34.6 Å². The van der Waals surface area contributed by atoms with Gasteiger partial charge >= 0.3 is 0 Å². The van der Waals surface area contributed by atoms with Gasteiger partial charge in [0.15, 0.2) is 0 Å². The summed E-state index contributed by atoms with van der Waals surface area (Å²) in [6, 6.07) is 4.41. The quantitative estimate of drug-likeness (QED) is 0.733. The number of benzene rings is 1. The fourth-order valence-electron chi connectivity index (χ4n) is 3.00. The summed E-state index contributed by atoms with van der Waals surface area (Å²) in [5.74, 6) is 0.919. The molecule has 1 heterocycles. The molecule has 0 aromatic heterocycles. The first-order valence-corrected chi connectivity index (χ1v) is 7.85. The molecule has 0 spiro atoms. The third-order valence-electron chi connectivity index (χ3n) is 4.90. The van der Waals surface area contributed by atoms with E-state index in [0.29, 0.717) is 0 Å². The highest BCUT2D eigenvalue weighted by Gasteiger charge is 2.27. The first-order valence-electron chi connectivity index (χ1n) is 7.85. The van der Waals surface area contributed by atoms with Crippen molar-refractivity contribution in [3.8, 4) is 0 Å². The predicted molar refractivity (Wildman–Crippen MR) is 101 cm³/mol. The standard InChI is InChI=1S/C20H27N3/c1-12-10-13(2)20(11-19(12)15(4)21-8)23-17(6)14(3)16(5)22(9)18(23)7/h10-11H,6-7H2,1-5,8-9H3. The molecule has 23 heavy (non-hydrogen) atoms. The van der Waals surface area contributed by atoms with Gasteiger partial charge < -0.3 is 4.90 Å².